The van der Waals surface area contributed by atoms with Crippen LogP contribution in [0.3, 0.4) is 0 Å². The Balaban J connectivity index is 2.33. The van der Waals surface area contributed by atoms with Gasteiger partial charge in [-0.05, 0) is 75.7 Å². The fourth-order valence-electron chi connectivity index (χ4n) is 5.25. The van der Waals surface area contributed by atoms with Crippen LogP contribution in [0.5, 0.6) is 0 Å². The molecule has 0 spiro atoms. The van der Waals surface area contributed by atoms with Crippen molar-refractivity contribution in [2.45, 2.75) is 104 Å². The third-order valence-electron chi connectivity index (χ3n) is 7.25. The molecule has 1 aliphatic carbocycles. The highest BCUT2D eigenvalue weighted by Gasteiger charge is 2.29. The maximum absolute atomic E-state index is 13.9. The Morgan fingerprint density at radius 3 is 2.57 bits per heavy atom. The van der Waals surface area contributed by atoms with Gasteiger partial charge in [0.05, 0.1) is 18.6 Å². The van der Waals surface area contributed by atoms with Crippen LogP contribution < -0.4 is 4.90 Å². The molecule has 1 atom stereocenters. The Morgan fingerprint density at radius 2 is 1.94 bits per heavy atom. The molecule has 0 bridgehead atoms. The number of ether oxygens (including phenoxy) is 2. The topological polar surface area (TPSA) is 38.8 Å². The Kier molecular flexibility index (Phi) is 13.9. The van der Waals surface area contributed by atoms with Crippen LogP contribution in [-0.2, 0) is 15.9 Å². The van der Waals surface area contributed by atoms with E-state index in [1.807, 2.05) is 6.92 Å². The molecule has 0 N–H and O–H groups in total. The minimum atomic E-state index is -0.261. The molecule has 2 rings (SSSR count). The number of halogens is 1. The largest absolute Gasteiger partial charge is 0.465 e. The summed E-state index contributed by atoms with van der Waals surface area (Å²) in [5, 5.41) is 0. The Hall–Kier alpha value is -1.40. The molecule has 0 amide bonds. The van der Waals surface area contributed by atoms with Gasteiger partial charge in [0.15, 0.2) is 0 Å². The highest BCUT2D eigenvalue weighted by molar-refractivity contribution is 7.14. The van der Waals surface area contributed by atoms with E-state index in [4.69, 9.17) is 9.47 Å². The second-order valence-corrected chi connectivity index (χ2v) is 11.3. The van der Waals surface area contributed by atoms with Gasteiger partial charge in [0, 0.05) is 31.2 Å². The number of methoxy groups -OCH3 is 2. The molecule has 1 saturated carbocycles. The maximum atomic E-state index is 13.9. The van der Waals surface area contributed by atoms with Crippen LogP contribution in [0.2, 0.25) is 0 Å². The third kappa shape index (κ3) is 9.87. The molecule has 1 aromatic rings. The lowest BCUT2D eigenvalue weighted by Crippen LogP contribution is -2.40. The number of carbonyl (C=O) groups excluding carboxylic acids is 1. The minimum Gasteiger partial charge on any atom is -0.465 e. The van der Waals surface area contributed by atoms with Crippen LogP contribution in [0.4, 0.5) is 10.1 Å². The van der Waals surface area contributed by atoms with Crippen molar-refractivity contribution in [1.82, 2.24) is 0 Å². The van der Waals surface area contributed by atoms with Gasteiger partial charge in [-0.1, -0.05) is 46.1 Å². The summed E-state index contributed by atoms with van der Waals surface area (Å²) in [6.07, 6.45) is 13.7. The van der Waals surface area contributed by atoms with Crippen LogP contribution >= 0.6 is 11.3 Å². The van der Waals surface area contributed by atoms with Crippen LogP contribution in [0, 0.1) is 11.8 Å². The SMILES string of the molecule is CC/C=C(/F)CCCc1cc(N(CC2CCC(C)CC2)C(CCC)CCCOC)c(C(=O)OC)s1. The molecule has 200 valence electrons. The van der Waals surface area contributed by atoms with Crippen molar-refractivity contribution in [1.29, 1.82) is 0 Å². The molecule has 1 heterocycles. The minimum absolute atomic E-state index is 0.0354. The van der Waals surface area contributed by atoms with E-state index in [1.54, 1.807) is 13.2 Å². The number of hydrogen-bond donors (Lipinski definition) is 0. The highest BCUT2D eigenvalue weighted by atomic mass is 32.1. The van der Waals surface area contributed by atoms with Crippen molar-refractivity contribution in [3.63, 3.8) is 0 Å². The smallest absolute Gasteiger partial charge is 0.350 e. The average Bonchev–Trinajstić information content (AvgIpc) is 3.27. The van der Waals surface area contributed by atoms with Gasteiger partial charge in [-0.3, -0.25) is 0 Å². The van der Waals surface area contributed by atoms with Crippen molar-refractivity contribution in [3.8, 4) is 0 Å². The van der Waals surface area contributed by atoms with E-state index in [0.29, 0.717) is 23.3 Å². The zero-order chi connectivity index (χ0) is 25.6. The normalized spacial score (nSPS) is 19.5. The summed E-state index contributed by atoms with van der Waals surface area (Å²) in [6.45, 7) is 8.29. The molecule has 0 aromatic carbocycles. The lowest BCUT2D eigenvalue weighted by Gasteiger charge is -2.38. The summed E-state index contributed by atoms with van der Waals surface area (Å²) in [4.78, 5) is 17.2. The number of aryl methyl sites for hydroxylation is 1. The van der Waals surface area contributed by atoms with Gasteiger partial charge in [-0.25, -0.2) is 9.18 Å². The summed E-state index contributed by atoms with van der Waals surface area (Å²) in [7, 11) is 3.22. The van der Waals surface area contributed by atoms with Crippen molar-refractivity contribution in [3.05, 3.63) is 27.7 Å². The van der Waals surface area contributed by atoms with E-state index in [1.165, 1.54) is 44.1 Å². The predicted octanol–water partition coefficient (Wildman–Crippen LogP) is 8.35. The van der Waals surface area contributed by atoms with E-state index < -0.39 is 0 Å². The molecule has 6 heteroatoms. The monoisotopic (exact) mass is 509 g/mol. The zero-order valence-corrected chi connectivity index (χ0v) is 23.6. The predicted molar refractivity (Wildman–Crippen MR) is 146 cm³/mol. The Labute approximate surface area is 217 Å². The van der Waals surface area contributed by atoms with Gasteiger partial charge in [0.2, 0.25) is 0 Å². The number of anilines is 1. The number of allylic oxidation sites excluding steroid dienone is 2. The molecule has 1 fully saturated rings. The summed E-state index contributed by atoms with van der Waals surface area (Å²) < 4.78 is 24.5. The quantitative estimate of drug-likeness (QED) is 0.166. The molecular weight excluding hydrogens is 461 g/mol. The molecular formula is C29H48FNO3S. The molecule has 1 unspecified atom stereocenters. The lowest BCUT2D eigenvalue weighted by molar-refractivity contribution is 0.0606. The summed E-state index contributed by atoms with van der Waals surface area (Å²) >= 11 is 1.53. The van der Waals surface area contributed by atoms with Gasteiger partial charge in [-0.15, -0.1) is 11.3 Å². The van der Waals surface area contributed by atoms with Crippen molar-refractivity contribution in [2.24, 2.45) is 11.8 Å². The van der Waals surface area contributed by atoms with Crippen molar-refractivity contribution in [2.75, 3.05) is 32.3 Å². The van der Waals surface area contributed by atoms with E-state index in [-0.39, 0.29) is 11.8 Å². The molecule has 4 nitrogen and oxygen atoms in total. The number of thiophene rings is 1. The van der Waals surface area contributed by atoms with E-state index in [0.717, 1.165) is 74.6 Å². The van der Waals surface area contributed by atoms with E-state index in [9.17, 15) is 9.18 Å². The third-order valence-corrected chi connectivity index (χ3v) is 8.41. The van der Waals surface area contributed by atoms with E-state index in [2.05, 4.69) is 24.8 Å². The molecule has 0 radical (unpaired) electrons. The zero-order valence-electron chi connectivity index (χ0n) is 22.7. The van der Waals surface area contributed by atoms with Crippen LogP contribution in [0.15, 0.2) is 18.0 Å². The van der Waals surface area contributed by atoms with Gasteiger partial charge in [0.1, 0.15) is 4.88 Å². The number of esters is 1. The second kappa shape index (κ2) is 16.4. The fraction of sp³-hybridized carbons (Fsp3) is 0.759. The average molecular weight is 510 g/mol. The summed E-state index contributed by atoms with van der Waals surface area (Å²) in [5.41, 5.74) is 1.02. The van der Waals surface area contributed by atoms with Gasteiger partial charge < -0.3 is 14.4 Å². The first kappa shape index (κ1) is 29.8. The van der Waals surface area contributed by atoms with Crippen molar-refractivity contribution < 1.29 is 18.7 Å². The Morgan fingerprint density at radius 1 is 1.20 bits per heavy atom. The Bertz CT molecular complexity index is 770. The summed E-state index contributed by atoms with van der Waals surface area (Å²) in [6, 6.07) is 2.56. The second-order valence-electron chi connectivity index (χ2n) is 10.2. The van der Waals surface area contributed by atoms with Gasteiger partial charge in [-0.2, -0.15) is 0 Å². The first-order valence-corrected chi connectivity index (χ1v) is 14.6. The molecule has 0 saturated heterocycles. The van der Waals surface area contributed by atoms with Crippen molar-refractivity contribution >= 4 is 23.0 Å². The maximum Gasteiger partial charge on any atom is 0.350 e. The molecule has 1 aliphatic rings. The number of hydrogen-bond acceptors (Lipinski definition) is 5. The lowest BCUT2D eigenvalue weighted by atomic mass is 9.82. The van der Waals surface area contributed by atoms with Gasteiger partial charge in [0.25, 0.3) is 0 Å². The fourth-order valence-corrected chi connectivity index (χ4v) is 6.37. The first-order valence-electron chi connectivity index (χ1n) is 13.7. The van der Waals surface area contributed by atoms with Crippen LogP contribution in [0.25, 0.3) is 0 Å². The number of carbonyl (C=O) groups is 1. The van der Waals surface area contributed by atoms with Gasteiger partial charge >= 0.3 is 5.97 Å². The number of rotatable bonds is 16. The molecule has 35 heavy (non-hydrogen) atoms. The van der Waals surface area contributed by atoms with Crippen LogP contribution in [-0.4, -0.2) is 39.4 Å². The summed E-state index contributed by atoms with van der Waals surface area (Å²) in [5.74, 6) is 1.16. The first-order chi connectivity index (χ1) is 16.9. The van der Waals surface area contributed by atoms with E-state index >= 15 is 0 Å². The standard InChI is InChI=1S/C29H48FNO3S/c1-6-10-24(30)12-8-14-26-20-27(28(35-26)29(32)34-5)31(21-23-17-15-22(3)16-18-23)25(11-7-2)13-9-19-33-4/h10,20,22-23,25H,6-9,11-19,21H2,1-5H3/b24-10+. The van der Waals surface area contributed by atoms with Crippen LogP contribution in [0.1, 0.15) is 106 Å². The molecule has 1 aromatic heterocycles. The highest BCUT2D eigenvalue weighted by Crippen LogP contribution is 2.38. The molecule has 0 aliphatic heterocycles. The number of nitrogens with zero attached hydrogens (tertiary/aromatic N) is 1.